The van der Waals surface area contributed by atoms with Crippen molar-refractivity contribution in [2.75, 3.05) is 5.73 Å². The highest BCUT2D eigenvalue weighted by Gasteiger charge is 2.16. The molecule has 5 N–H and O–H groups in total. The van der Waals surface area contributed by atoms with Crippen LogP contribution in [-0.4, -0.2) is 13.5 Å². The molecule has 0 saturated heterocycles. The van der Waals surface area contributed by atoms with Crippen molar-refractivity contribution in [1.29, 1.82) is 0 Å². The summed E-state index contributed by atoms with van der Waals surface area (Å²) in [6.45, 7) is 1.66. The molecule has 1 aromatic carbocycles. The number of nitrogen functional groups attached to an aromatic ring is 1. The molecule has 0 radical (unpaired) electrons. The lowest BCUT2D eigenvalue weighted by Gasteiger charge is -2.05. The van der Waals surface area contributed by atoms with E-state index in [-0.39, 0.29) is 10.6 Å². The quantitative estimate of drug-likeness (QED) is 0.437. The van der Waals surface area contributed by atoms with Crippen molar-refractivity contribution in [3.8, 4) is 5.75 Å². The summed E-state index contributed by atoms with van der Waals surface area (Å²) in [5.74, 6) is -0.492. The largest absolute Gasteiger partial charge is 0.504 e. The smallest absolute Gasteiger partial charge is 0.241 e. The molecule has 5 nitrogen and oxygen atoms in total. The summed E-state index contributed by atoms with van der Waals surface area (Å²) in [7, 11) is -3.91. The van der Waals surface area contributed by atoms with Crippen LogP contribution in [0.4, 0.5) is 5.69 Å². The SMILES string of the molecule is Cc1cc(N)c(O)c(S(N)(=O)=O)c1. The van der Waals surface area contributed by atoms with Gasteiger partial charge in [-0.25, -0.2) is 13.6 Å². The van der Waals surface area contributed by atoms with Crippen LogP contribution >= 0.6 is 0 Å². The minimum atomic E-state index is -3.91. The van der Waals surface area contributed by atoms with E-state index >= 15 is 0 Å². The number of hydrogen-bond acceptors (Lipinski definition) is 4. The van der Waals surface area contributed by atoms with Crippen LogP contribution in [0.25, 0.3) is 0 Å². The zero-order chi connectivity index (χ0) is 10.2. The van der Waals surface area contributed by atoms with E-state index in [1.807, 2.05) is 0 Å². The van der Waals surface area contributed by atoms with E-state index in [1.54, 1.807) is 6.92 Å². The molecule has 0 unspecified atom stereocenters. The maximum atomic E-state index is 10.9. The Kier molecular flexibility index (Phi) is 2.19. The Morgan fingerprint density at radius 1 is 1.38 bits per heavy atom. The number of hydrogen-bond donors (Lipinski definition) is 3. The van der Waals surface area contributed by atoms with E-state index in [1.165, 1.54) is 12.1 Å². The second kappa shape index (κ2) is 2.90. The Balaban J connectivity index is 3.56. The second-order valence-electron chi connectivity index (χ2n) is 2.75. The van der Waals surface area contributed by atoms with Gasteiger partial charge in [0.05, 0.1) is 5.69 Å². The van der Waals surface area contributed by atoms with E-state index in [0.29, 0.717) is 5.56 Å². The number of benzene rings is 1. The van der Waals surface area contributed by atoms with Crippen LogP contribution in [0.15, 0.2) is 17.0 Å². The van der Waals surface area contributed by atoms with Gasteiger partial charge in [-0.2, -0.15) is 0 Å². The van der Waals surface area contributed by atoms with Crippen molar-refractivity contribution in [1.82, 2.24) is 0 Å². The molecule has 0 fully saturated rings. The monoisotopic (exact) mass is 202 g/mol. The van der Waals surface area contributed by atoms with Gasteiger partial charge in [0.2, 0.25) is 10.0 Å². The lowest BCUT2D eigenvalue weighted by molar-refractivity contribution is 0.461. The minimum Gasteiger partial charge on any atom is -0.504 e. The molecular weight excluding hydrogens is 192 g/mol. The average Bonchev–Trinajstić information content (AvgIpc) is 1.94. The highest BCUT2D eigenvalue weighted by Crippen LogP contribution is 2.29. The van der Waals surface area contributed by atoms with Crippen molar-refractivity contribution >= 4 is 15.7 Å². The molecule has 0 aliphatic carbocycles. The van der Waals surface area contributed by atoms with Crippen LogP contribution in [0.2, 0.25) is 0 Å². The second-order valence-corrected chi connectivity index (χ2v) is 4.28. The molecule has 0 bridgehead atoms. The predicted octanol–water partition coefficient (Wildman–Crippen LogP) is -0.0698. The molecule has 0 saturated carbocycles. The molecule has 0 aliphatic rings. The fraction of sp³-hybridized carbons (Fsp3) is 0.143. The van der Waals surface area contributed by atoms with Crippen LogP contribution in [-0.2, 0) is 10.0 Å². The molecule has 0 aliphatic heterocycles. The lowest BCUT2D eigenvalue weighted by atomic mass is 10.2. The van der Waals surface area contributed by atoms with Gasteiger partial charge in [0.15, 0.2) is 5.75 Å². The number of primary sulfonamides is 1. The van der Waals surface area contributed by atoms with Crippen LogP contribution in [0.1, 0.15) is 5.56 Å². The average molecular weight is 202 g/mol. The van der Waals surface area contributed by atoms with E-state index < -0.39 is 15.8 Å². The molecule has 1 rings (SSSR count). The molecule has 6 heteroatoms. The van der Waals surface area contributed by atoms with Crippen molar-refractivity contribution in [2.45, 2.75) is 11.8 Å². The standard InChI is InChI=1S/C7H10N2O3S/c1-4-2-5(8)7(10)6(3-4)13(9,11)12/h2-3,10H,8H2,1H3,(H2,9,11,12). The van der Waals surface area contributed by atoms with Gasteiger partial charge in [-0.15, -0.1) is 0 Å². The predicted molar refractivity (Wildman–Crippen MR) is 48.6 cm³/mol. The van der Waals surface area contributed by atoms with Crippen LogP contribution in [0, 0.1) is 6.92 Å². The van der Waals surface area contributed by atoms with E-state index in [9.17, 15) is 13.5 Å². The summed E-state index contributed by atoms with van der Waals surface area (Å²) < 4.78 is 21.8. The Bertz CT molecular complexity index is 439. The summed E-state index contributed by atoms with van der Waals surface area (Å²) in [5.41, 5.74) is 5.98. The Morgan fingerprint density at radius 3 is 2.38 bits per heavy atom. The van der Waals surface area contributed by atoms with E-state index in [0.717, 1.165) is 0 Å². The zero-order valence-corrected chi connectivity index (χ0v) is 7.80. The normalized spacial score (nSPS) is 11.5. The number of nitrogens with two attached hydrogens (primary N) is 2. The minimum absolute atomic E-state index is 0.00373. The van der Waals surface area contributed by atoms with Crippen molar-refractivity contribution < 1.29 is 13.5 Å². The summed E-state index contributed by atoms with van der Waals surface area (Å²) in [6, 6.07) is 2.73. The first-order valence-electron chi connectivity index (χ1n) is 3.44. The molecule has 0 spiro atoms. The molecular formula is C7H10N2O3S. The first-order chi connectivity index (χ1) is 5.82. The number of phenolic OH excluding ortho intramolecular Hbond substituents is 1. The Hall–Kier alpha value is -1.27. The maximum Gasteiger partial charge on any atom is 0.241 e. The summed E-state index contributed by atoms with van der Waals surface area (Å²) in [4.78, 5) is -0.343. The maximum absolute atomic E-state index is 10.9. The summed E-state index contributed by atoms with van der Waals surface area (Å²) in [5, 5.41) is 14.1. The fourth-order valence-electron chi connectivity index (χ4n) is 0.990. The third-order valence-electron chi connectivity index (χ3n) is 1.56. The molecule has 72 valence electrons. The van der Waals surface area contributed by atoms with Gasteiger partial charge in [0.1, 0.15) is 4.90 Å². The first kappa shape index (κ1) is 9.82. The Labute approximate surface area is 76.0 Å². The van der Waals surface area contributed by atoms with Gasteiger partial charge < -0.3 is 10.8 Å². The zero-order valence-electron chi connectivity index (χ0n) is 6.98. The molecule has 0 amide bonds. The van der Waals surface area contributed by atoms with E-state index in [2.05, 4.69) is 0 Å². The van der Waals surface area contributed by atoms with Gasteiger partial charge in [-0.1, -0.05) is 0 Å². The molecule has 0 aromatic heterocycles. The van der Waals surface area contributed by atoms with Gasteiger partial charge in [-0.05, 0) is 24.6 Å². The van der Waals surface area contributed by atoms with Gasteiger partial charge >= 0.3 is 0 Å². The van der Waals surface area contributed by atoms with Gasteiger partial charge in [-0.3, -0.25) is 0 Å². The topological polar surface area (TPSA) is 106 Å². The Morgan fingerprint density at radius 2 is 1.92 bits per heavy atom. The third kappa shape index (κ3) is 1.90. The van der Waals surface area contributed by atoms with Crippen LogP contribution < -0.4 is 10.9 Å². The fourth-order valence-corrected chi connectivity index (χ4v) is 1.73. The summed E-state index contributed by atoms with van der Waals surface area (Å²) >= 11 is 0. The van der Waals surface area contributed by atoms with Crippen molar-refractivity contribution in [3.05, 3.63) is 17.7 Å². The van der Waals surface area contributed by atoms with E-state index in [4.69, 9.17) is 10.9 Å². The highest BCUT2D eigenvalue weighted by atomic mass is 32.2. The molecule has 0 atom stereocenters. The number of aryl methyl sites for hydroxylation is 1. The van der Waals surface area contributed by atoms with Gasteiger partial charge in [0, 0.05) is 0 Å². The molecule has 13 heavy (non-hydrogen) atoms. The number of rotatable bonds is 1. The highest BCUT2D eigenvalue weighted by molar-refractivity contribution is 7.89. The number of aromatic hydroxyl groups is 1. The lowest BCUT2D eigenvalue weighted by Crippen LogP contribution is -2.13. The summed E-state index contributed by atoms with van der Waals surface area (Å²) in [6.07, 6.45) is 0. The van der Waals surface area contributed by atoms with Crippen molar-refractivity contribution in [3.63, 3.8) is 0 Å². The molecule has 0 heterocycles. The van der Waals surface area contributed by atoms with Crippen molar-refractivity contribution in [2.24, 2.45) is 5.14 Å². The number of phenols is 1. The third-order valence-corrected chi connectivity index (χ3v) is 2.48. The first-order valence-corrected chi connectivity index (χ1v) is 4.99. The number of sulfonamides is 1. The number of anilines is 1. The van der Waals surface area contributed by atoms with Crippen LogP contribution in [0.3, 0.4) is 0 Å². The molecule has 1 aromatic rings. The van der Waals surface area contributed by atoms with Crippen LogP contribution in [0.5, 0.6) is 5.75 Å². The van der Waals surface area contributed by atoms with Gasteiger partial charge in [0.25, 0.3) is 0 Å².